The van der Waals surface area contributed by atoms with E-state index in [1.54, 1.807) is 0 Å². The van der Waals surface area contributed by atoms with Crippen molar-refractivity contribution in [3.05, 3.63) is 83.7 Å². The lowest BCUT2D eigenvalue weighted by Gasteiger charge is -2.40. The summed E-state index contributed by atoms with van der Waals surface area (Å²) in [5.41, 5.74) is 11.0. The largest absolute Gasteiger partial charge is 0.390 e. The number of nitrogens with zero attached hydrogens (tertiary/aromatic N) is 3. The summed E-state index contributed by atoms with van der Waals surface area (Å²) in [4.78, 5) is 22.3. The van der Waals surface area contributed by atoms with Crippen LogP contribution in [-0.4, -0.2) is 67.5 Å². The van der Waals surface area contributed by atoms with Gasteiger partial charge in [-0.1, -0.05) is 62.0 Å². The Kier molecular flexibility index (Phi) is 9.52. The van der Waals surface area contributed by atoms with E-state index in [1.807, 2.05) is 30.0 Å². The molecule has 1 amide bonds. The van der Waals surface area contributed by atoms with E-state index >= 15 is 0 Å². The van der Waals surface area contributed by atoms with Crippen molar-refractivity contribution in [1.29, 1.82) is 0 Å². The molecule has 0 atom stereocenters. The molecule has 4 rings (SSSR count). The molecule has 0 aromatic heterocycles. The molecule has 0 bridgehead atoms. The minimum Gasteiger partial charge on any atom is -0.390 e. The molecule has 7 nitrogen and oxygen atoms in total. The Morgan fingerprint density at radius 3 is 2.46 bits per heavy atom. The van der Waals surface area contributed by atoms with Crippen LogP contribution in [-0.2, 0) is 16.1 Å². The first kappa shape index (κ1) is 26.6. The highest BCUT2D eigenvalue weighted by atomic mass is 16.5. The lowest BCUT2D eigenvalue weighted by atomic mass is 10.0. The molecule has 0 spiro atoms. The van der Waals surface area contributed by atoms with Gasteiger partial charge in [-0.15, -0.1) is 0 Å². The number of carbonyl (C=O) groups excluding carboxylic acids is 1. The number of morpholine rings is 1. The SMILES string of the molecule is C=C(NCc1cccc(-c2ccccc2)c1)/C(CC)=C(\N=C/N)C(=O)N1CCC(N2CCOCC2)CC1. The monoisotopic (exact) mass is 501 g/mol. The summed E-state index contributed by atoms with van der Waals surface area (Å²) in [5, 5.41) is 3.42. The zero-order valence-corrected chi connectivity index (χ0v) is 21.9. The van der Waals surface area contributed by atoms with Gasteiger partial charge >= 0.3 is 0 Å². The number of likely N-dealkylation sites (tertiary alicyclic amines) is 1. The second-order valence-corrected chi connectivity index (χ2v) is 9.53. The van der Waals surface area contributed by atoms with E-state index in [-0.39, 0.29) is 5.91 Å². The summed E-state index contributed by atoms with van der Waals surface area (Å²) < 4.78 is 5.49. The van der Waals surface area contributed by atoms with E-state index in [0.717, 1.165) is 50.3 Å². The van der Waals surface area contributed by atoms with Gasteiger partial charge in [0.25, 0.3) is 5.91 Å². The molecule has 7 heteroatoms. The van der Waals surface area contributed by atoms with Crippen LogP contribution in [0.3, 0.4) is 0 Å². The highest BCUT2D eigenvalue weighted by Crippen LogP contribution is 2.24. The number of nitrogens with two attached hydrogens (primary N) is 1. The fraction of sp³-hybridized carbons (Fsp3) is 0.400. The number of aliphatic imine (C=N–C) groups is 1. The van der Waals surface area contributed by atoms with Crippen LogP contribution in [0.4, 0.5) is 0 Å². The van der Waals surface area contributed by atoms with Gasteiger partial charge in [0.2, 0.25) is 0 Å². The normalized spacial score (nSPS) is 18.0. The average molecular weight is 502 g/mol. The molecule has 2 heterocycles. The molecular weight excluding hydrogens is 462 g/mol. The average Bonchev–Trinajstić information content (AvgIpc) is 2.97. The second-order valence-electron chi connectivity index (χ2n) is 9.53. The number of nitrogens with one attached hydrogen (secondary N) is 1. The van der Waals surface area contributed by atoms with Gasteiger partial charge in [-0.25, -0.2) is 4.99 Å². The van der Waals surface area contributed by atoms with Crippen molar-refractivity contribution in [3.63, 3.8) is 0 Å². The summed E-state index contributed by atoms with van der Waals surface area (Å²) in [7, 11) is 0. The number of benzene rings is 2. The van der Waals surface area contributed by atoms with Crippen molar-refractivity contribution in [3.8, 4) is 11.1 Å². The summed E-state index contributed by atoms with van der Waals surface area (Å²) in [6.45, 7) is 11.8. The molecule has 0 aliphatic carbocycles. The van der Waals surface area contributed by atoms with Crippen LogP contribution in [0.5, 0.6) is 0 Å². The number of carbonyl (C=O) groups is 1. The highest BCUT2D eigenvalue weighted by Gasteiger charge is 2.30. The van der Waals surface area contributed by atoms with Gasteiger partial charge in [0, 0.05) is 50.0 Å². The number of piperidine rings is 1. The van der Waals surface area contributed by atoms with Gasteiger partial charge in [0.15, 0.2) is 0 Å². The van der Waals surface area contributed by atoms with E-state index in [2.05, 4.69) is 58.2 Å². The number of allylic oxidation sites excluding steroid dienone is 1. The van der Waals surface area contributed by atoms with Crippen LogP contribution in [0.15, 0.2) is 83.1 Å². The van der Waals surface area contributed by atoms with E-state index in [0.29, 0.717) is 43.5 Å². The number of hydrogen-bond acceptors (Lipinski definition) is 5. The lowest BCUT2D eigenvalue weighted by Crippen LogP contribution is -2.50. The molecule has 2 aliphatic rings. The van der Waals surface area contributed by atoms with Gasteiger partial charge < -0.3 is 20.7 Å². The third-order valence-corrected chi connectivity index (χ3v) is 7.26. The predicted molar refractivity (Wildman–Crippen MR) is 150 cm³/mol. The van der Waals surface area contributed by atoms with E-state index in [4.69, 9.17) is 10.5 Å². The molecule has 2 fully saturated rings. The topological polar surface area (TPSA) is 83.2 Å². The maximum Gasteiger partial charge on any atom is 0.272 e. The summed E-state index contributed by atoms with van der Waals surface area (Å²) in [5.74, 6) is -0.0759. The maximum absolute atomic E-state index is 13.5. The van der Waals surface area contributed by atoms with Crippen LogP contribution in [0.25, 0.3) is 11.1 Å². The van der Waals surface area contributed by atoms with Crippen LogP contribution in [0.1, 0.15) is 31.7 Å². The molecule has 2 aliphatic heterocycles. The fourth-order valence-corrected chi connectivity index (χ4v) is 5.19. The van der Waals surface area contributed by atoms with Gasteiger partial charge in [-0.05, 0) is 42.0 Å². The molecule has 37 heavy (non-hydrogen) atoms. The molecule has 3 N–H and O–H groups in total. The molecule has 0 unspecified atom stereocenters. The Hall–Kier alpha value is -3.42. The molecule has 196 valence electrons. The first-order valence-electron chi connectivity index (χ1n) is 13.3. The Morgan fingerprint density at radius 2 is 1.78 bits per heavy atom. The lowest BCUT2D eigenvalue weighted by molar-refractivity contribution is -0.129. The predicted octanol–water partition coefficient (Wildman–Crippen LogP) is 3.93. The van der Waals surface area contributed by atoms with Crippen molar-refractivity contribution in [2.75, 3.05) is 39.4 Å². The van der Waals surface area contributed by atoms with Crippen molar-refractivity contribution >= 4 is 12.2 Å². The van der Waals surface area contributed by atoms with Gasteiger partial charge in [0.1, 0.15) is 5.70 Å². The Labute approximate surface area is 220 Å². The van der Waals surface area contributed by atoms with Crippen LogP contribution in [0, 0.1) is 0 Å². The molecule has 2 saturated heterocycles. The summed E-state index contributed by atoms with van der Waals surface area (Å²) >= 11 is 0. The Balaban J connectivity index is 1.42. The third-order valence-electron chi connectivity index (χ3n) is 7.26. The Bertz CT molecular complexity index is 1110. The molecule has 2 aromatic rings. The molecular formula is C30H39N5O2. The van der Waals surface area contributed by atoms with Crippen LogP contribution >= 0.6 is 0 Å². The van der Waals surface area contributed by atoms with E-state index in [1.165, 1.54) is 17.5 Å². The third kappa shape index (κ3) is 6.87. The van der Waals surface area contributed by atoms with E-state index in [9.17, 15) is 4.79 Å². The van der Waals surface area contributed by atoms with Crippen molar-refractivity contribution in [2.45, 2.75) is 38.8 Å². The number of amides is 1. The van der Waals surface area contributed by atoms with Crippen LogP contribution in [0.2, 0.25) is 0 Å². The minimum absolute atomic E-state index is 0.0759. The van der Waals surface area contributed by atoms with Crippen molar-refractivity contribution < 1.29 is 9.53 Å². The first-order chi connectivity index (χ1) is 18.1. The maximum atomic E-state index is 13.5. The molecule has 2 aromatic carbocycles. The second kappa shape index (κ2) is 13.2. The molecule has 0 radical (unpaired) electrons. The number of hydrogen-bond donors (Lipinski definition) is 2. The smallest absolute Gasteiger partial charge is 0.272 e. The van der Waals surface area contributed by atoms with Crippen molar-refractivity contribution in [1.82, 2.24) is 15.1 Å². The van der Waals surface area contributed by atoms with E-state index < -0.39 is 0 Å². The van der Waals surface area contributed by atoms with Gasteiger partial charge in [-0.3, -0.25) is 9.69 Å². The zero-order chi connectivity index (χ0) is 26.0. The summed E-state index contributed by atoms with van der Waals surface area (Å²) in [6.07, 6.45) is 3.76. The minimum atomic E-state index is -0.0759. The quantitative estimate of drug-likeness (QED) is 0.235. The highest BCUT2D eigenvalue weighted by molar-refractivity contribution is 5.96. The Morgan fingerprint density at radius 1 is 1.08 bits per heavy atom. The standard InChI is InChI=1S/C30H39N5O2/c1-3-28(23(2)32-21-24-8-7-11-26(20-24)25-9-5-4-6-10-25)29(33-22-31)30(36)35-14-12-27(13-15-35)34-16-18-37-19-17-34/h4-11,20,22,27,32H,2-3,12-19,21H2,1H3,(H2,31,33)/b29-28-. The fourth-order valence-electron chi connectivity index (χ4n) is 5.19. The summed E-state index contributed by atoms with van der Waals surface area (Å²) in [6, 6.07) is 19.3. The van der Waals surface area contributed by atoms with Crippen molar-refractivity contribution in [2.24, 2.45) is 10.7 Å². The zero-order valence-electron chi connectivity index (χ0n) is 21.9. The molecule has 0 saturated carbocycles. The number of ether oxygens (including phenoxy) is 1. The first-order valence-corrected chi connectivity index (χ1v) is 13.3. The number of rotatable bonds is 9. The van der Waals surface area contributed by atoms with Gasteiger partial charge in [-0.2, -0.15) is 0 Å². The van der Waals surface area contributed by atoms with Gasteiger partial charge in [0.05, 0.1) is 19.6 Å². The van der Waals surface area contributed by atoms with Crippen LogP contribution < -0.4 is 11.1 Å².